The minimum Gasteiger partial charge on any atom is -0.506 e. The van der Waals surface area contributed by atoms with Gasteiger partial charge in [0.05, 0.1) is 12.2 Å². The van der Waals surface area contributed by atoms with Crippen LogP contribution in [0, 0.1) is 6.92 Å². The van der Waals surface area contributed by atoms with Crippen molar-refractivity contribution in [2.75, 3.05) is 37.6 Å². The summed E-state index contributed by atoms with van der Waals surface area (Å²) in [5.41, 5.74) is 3.21. The second kappa shape index (κ2) is 8.03. The third-order valence-electron chi connectivity index (χ3n) is 4.70. The van der Waals surface area contributed by atoms with E-state index in [4.69, 9.17) is 0 Å². The molecule has 2 aromatic rings. The predicted octanol–water partition coefficient (Wildman–Crippen LogP) is 2.14. The molecule has 0 aromatic heterocycles. The first-order chi connectivity index (χ1) is 12.1. The van der Waals surface area contributed by atoms with Crippen molar-refractivity contribution in [3.63, 3.8) is 0 Å². The second-order valence-electron chi connectivity index (χ2n) is 6.46. The van der Waals surface area contributed by atoms with Crippen LogP contribution in [0.5, 0.6) is 5.75 Å². The van der Waals surface area contributed by atoms with Crippen LogP contribution in [-0.4, -0.2) is 48.6 Å². The fourth-order valence-electron chi connectivity index (χ4n) is 3.14. The molecule has 132 valence electrons. The smallest absolute Gasteiger partial charge is 0.234 e. The van der Waals surface area contributed by atoms with Crippen molar-refractivity contribution < 1.29 is 9.90 Å². The Kier molecular flexibility index (Phi) is 5.56. The minimum atomic E-state index is 0.0549. The number of benzene rings is 2. The van der Waals surface area contributed by atoms with Crippen molar-refractivity contribution >= 4 is 11.6 Å². The van der Waals surface area contributed by atoms with Gasteiger partial charge in [-0.05, 0) is 30.2 Å². The lowest BCUT2D eigenvalue weighted by Gasteiger charge is -2.35. The number of rotatable bonds is 5. The maximum atomic E-state index is 12.2. The Balaban J connectivity index is 1.45. The summed E-state index contributed by atoms with van der Waals surface area (Å²) >= 11 is 0. The molecule has 0 unspecified atom stereocenters. The van der Waals surface area contributed by atoms with E-state index in [1.54, 1.807) is 6.07 Å². The third-order valence-corrected chi connectivity index (χ3v) is 4.70. The van der Waals surface area contributed by atoms with E-state index in [2.05, 4.69) is 28.1 Å². The van der Waals surface area contributed by atoms with Gasteiger partial charge in [0, 0.05) is 32.7 Å². The molecule has 0 saturated carbocycles. The summed E-state index contributed by atoms with van der Waals surface area (Å²) in [7, 11) is 0. The number of anilines is 1. The Morgan fingerprint density at radius 2 is 1.72 bits per heavy atom. The summed E-state index contributed by atoms with van der Waals surface area (Å²) in [6.45, 7) is 6.28. The highest BCUT2D eigenvalue weighted by molar-refractivity contribution is 5.78. The largest absolute Gasteiger partial charge is 0.506 e. The van der Waals surface area contributed by atoms with Gasteiger partial charge in [0.15, 0.2) is 0 Å². The molecule has 0 radical (unpaired) electrons. The maximum Gasteiger partial charge on any atom is 0.234 e. The van der Waals surface area contributed by atoms with Crippen LogP contribution in [0.15, 0.2) is 48.5 Å². The first kappa shape index (κ1) is 17.3. The molecule has 1 aliphatic rings. The summed E-state index contributed by atoms with van der Waals surface area (Å²) < 4.78 is 0. The Morgan fingerprint density at radius 1 is 1.04 bits per heavy atom. The highest BCUT2D eigenvalue weighted by Gasteiger charge is 2.20. The van der Waals surface area contributed by atoms with Gasteiger partial charge >= 0.3 is 0 Å². The number of nitrogens with one attached hydrogen (secondary N) is 1. The van der Waals surface area contributed by atoms with Gasteiger partial charge in [0.2, 0.25) is 5.91 Å². The number of phenolic OH excluding ortho intramolecular Hbond substituents is 1. The van der Waals surface area contributed by atoms with Gasteiger partial charge in [-0.2, -0.15) is 0 Å². The van der Waals surface area contributed by atoms with Crippen molar-refractivity contribution in [3.8, 4) is 5.75 Å². The molecule has 1 amide bonds. The normalized spacial score (nSPS) is 15.2. The Bertz CT molecular complexity index is 724. The number of carbonyl (C=O) groups is 1. The van der Waals surface area contributed by atoms with E-state index in [0.717, 1.165) is 37.4 Å². The van der Waals surface area contributed by atoms with Crippen LogP contribution in [0.1, 0.15) is 11.1 Å². The summed E-state index contributed by atoms with van der Waals surface area (Å²) in [6, 6.07) is 15.5. The number of phenols is 1. The lowest BCUT2D eigenvalue weighted by Crippen LogP contribution is -2.49. The molecular weight excluding hydrogens is 314 g/mol. The van der Waals surface area contributed by atoms with Gasteiger partial charge in [0.25, 0.3) is 0 Å². The first-order valence-corrected chi connectivity index (χ1v) is 8.70. The highest BCUT2D eigenvalue weighted by Crippen LogP contribution is 2.27. The van der Waals surface area contributed by atoms with Crippen LogP contribution in [0.2, 0.25) is 0 Å². The zero-order valence-electron chi connectivity index (χ0n) is 14.6. The number of para-hydroxylation sites is 2. The van der Waals surface area contributed by atoms with E-state index in [1.807, 2.05) is 36.4 Å². The predicted molar refractivity (Wildman–Crippen MR) is 99.8 cm³/mol. The average Bonchev–Trinajstić information content (AvgIpc) is 2.62. The van der Waals surface area contributed by atoms with Gasteiger partial charge in [-0.15, -0.1) is 0 Å². The quantitative estimate of drug-likeness (QED) is 0.876. The summed E-state index contributed by atoms with van der Waals surface area (Å²) in [5, 5.41) is 13.0. The van der Waals surface area contributed by atoms with Crippen LogP contribution >= 0.6 is 0 Å². The van der Waals surface area contributed by atoms with Gasteiger partial charge in [-0.1, -0.05) is 36.4 Å². The number of hydrogen-bond acceptors (Lipinski definition) is 4. The Labute approximate surface area is 148 Å². The van der Waals surface area contributed by atoms with Crippen LogP contribution in [0.3, 0.4) is 0 Å². The molecule has 3 rings (SSSR count). The SMILES string of the molecule is Cc1ccccc1CNC(=O)CN1CCN(c2ccccc2O)CC1. The molecule has 2 N–H and O–H groups in total. The first-order valence-electron chi connectivity index (χ1n) is 8.70. The van der Waals surface area contributed by atoms with E-state index >= 15 is 0 Å². The molecule has 1 heterocycles. The molecule has 1 saturated heterocycles. The van der Waals surface area contributed by atoms with Crippen molar-refractivity contribution in [2.45, 2.75) is 13.5 Å². The molecule has 0 aliphatic carbocycles. The van der Waals surface area contributed by atoms with E-state index in [-0.39, 0.29) is 5.91 Å². The molecular formula is C20H25N3O2. The number of aromatic hydroxyl groups is 1. The topological polar surface area (TPSA) is 55.8 Å². The van der Waals surface area contributed by atoms with Gasteiger partial charge in [-0.25, -0.2) is 0 Å². The van der Waals surface area contributed by atoms with Crippen LogP contribution in [0.25, 0.3) is 0 Å². The minimum absolute atomic E-state index is 0.0549. The molecule has 25 heavy (non-hydrogen) atoms. The summed E-state index contributed by atoms with van der Waals surface area (Å²) in [4.78, 5) is 16.5. The fourth-order valence-corrected chi connectivity index (χ4v) is 3.14. The molecule has 5 heteroatoms. The maximum absolute atomic E-state index is 12.2. The summed E-state index contributed by atoms with van der Waals surface area (Å²) in [6.07, 6.45) is 0. The van der Waals surface area contributed by atoms with E-state index in [0.29, 0.717) is 18.8 Å². The monoisotopic (exact) mass is 339 g/mol. The number of aryl methyl sites for hydroxylation is 1. The number of nitrogens with zero attached hydrogens (tertiary/aromatic N) is 2. The summed E-state index contributed by atoms with van der Waals surface area (Å²) in [5.74, 6) is 0.367. The van der Waals surface area contributed by atoms with E-state index < -0.39 is 0 Å². The lowest BCUT2D eigenvalue weighted by molar-refractivity contribution is -0.122. The molecule has 1 fully saturated rings. The molecule has 1 aliphatic heterocycles. The zero-order chi connectivity index (χ0) is 17.6. The zero-order valence-corrected chi connectivity index (χ0v) is 14.6. The van der Waals surface area contributed by atoms with Crippen molar-refractivity contribution in [2.24, 2.45) is 0 Å². The molecule has 2 aromatic carbocycles. The number of carbonyl (C=O) groups excluding carboxylic acids is 1. The van der Waals surface area contributed by atoms with E-state index in [9.17, 15) is 9.90 Å². The van der Waals surface area contributed by atoms with Crippen molar-refractivity contribution in [3.05, 3.63) is 59.7 Å². The van der Waals surface area contributed by atoms with Crippen molar-refractivity contribution in [1.82, 2.24) is 10.2 Å². The number of amides is 1. The molecule has 0 atom stereocenters. The number of piperazine rings is 1. The van der Waals surface area contributed by atoms with Crippen LogP contribution < -0.4 is 10.2 Å². The molecule has 0 spiro atoms. The van der Waals surface area contributed by atoms with Crippen LogP contribution in [-0.2, 0) is 11.3 Å². The number of hydrogen-bond donors (Lipinski definition) is 2. The molecule has 0 bridgehead atoms. The fraction of sp³-hybridized carbons (Fsp3) is 0.350. The standard InChI is InChI=1S/C20H25N3O2/c1-16-6-2-3-7-17(16)14-21-20(25)15-22-10-12-23(13-11-22)18-8-4-5-9-19(18)24/h2-9,24H,10-15H2,1H3,(H,21,25). The van der Waals surface area contributed by atoms with E-state index in [1.165, 1.54) is 5.56 Å². The van der Waals surface area contributed by atoms with Gasteiger partial charge < -0.3 is 15.3 Å². The van der Waals surface area contributed by atoms with Gasteiger partial charge in [0.1, 0.15) is 5.75 Å². The third kappa shape index (κ3) is 4.51. The van der Waals surface area contributed by atoms with Crippen molar-refractivity contribution in [1.29, 1.82) is 0 Å². The lowest BCUT2D eigenvalue weighted by atomic mass is 10.1. The Hall–Kier alpha value is -2.53. The average molecular weight is 339 g/mol. The second-order valence-corrected chi connectivity index (χ2v) is 6.46. The van der Waals surface area contributed by atoms with Crippen LogP contribution in [0.4, 0.5) is 5.69 Å². The highest BCUT2D eigenvalue weighted by atomic mass is 16.3. The molecule has 5 nitrogen and oxygen atoms in total. The Morgan fingerprint density at radius 3 is 2.44 bits per heavy atom. The van der Waals surface area contributed by atoms with Gasteiger partial charge in [-0.3, -0.25) is 9.69 Å².